The topological polar surface area (TPSA) is 90.8 Å². The summed E-state index contributed by atoms with van der Waals surface area (Å²) in [5.41, 5.74) is 3.59. The number of rotatable bonds is 7. The van der Waals surface area contributed by atoms with Crippen LogP contribution in [0.4, 0.5) is 0 Å². The smallest absolute Gasteiger partial charge is 0.191 e. The highest BCUT2D eigenvalue weighted by Gasteiger charge is 2.11. The van der Waals surface area contributed by atoms with E-state index in [0.29, 0.717) is 36.1 Å². The number of hydrogen-bond acceptors (Lipinski definition) is 4. The molecule has 0 saturated heterocycles. The number of aliphatic hydroxyl groups excluding tert-OH is 1. The van der Waals surface area contributed by atoms with Crippen LogP contribution in [0.25, 0.3) is 0 Å². The maximum Gasteiger partial charge on any atom is 0.191 e. The van der Waals surface area contributed by atoms with Gasteiger partial charge in [0.1, 0.15) is 0 Å². The number of guanidine groups is 1. The van der Waals surface area contributed by atoms with Crippen molar-refractivity contribution in [1.29, 1.82) is 0 Å². The minimum Gasteiger partial charge on any atom is -0.387 e. The molecule has 1 atom stereocenters. The predicted octanol–water partition coefficient (Wildman–Crippen LogP) is 3.11. The monoisotopic (exact) mass is 531 g/mol. The van der Waals surface area contributed by atoms with Crippen molar-refractivity contribution >= 4 is 39.8 Å². The Balaban J connectivity index is 0.00000420. The van der Waals surface area contributed by atoms with Gasteiger partial charge in [0.25, 0.3) is 0 Å². The van der Waals surface area contributed by atoms with Gasteiger partial charge in [-0.15, -0.1) is 24.0 Å². The largest absolute Gasteiger partial charge is 0.387 e. The van der Waals surface area contributed by atoms with Crippen LogP contribution in [0.2, 0.25) is 0 Å². The molecule has 0 spiro atoms. The number of benzene rings is 2. The maximum absolute atomic E-state index is 11.7. The molecule has 8 heteroatoms. The van der Waals surface area contributed by atoms with Gasteiger partial charge >= 0.3 is 0 Å². The minimum atomic E-state index is -3.23. The van der Waals surface area contributed by atoms with Gasteiger partial charge in [-0.3, -0.25) is 0 Å². The highest BCUT2D eigenvalue weighted by atomic mass is 127. The molecule has 2 rings (SSSR count). The highest BCUT2D eigenvalue weighted by molar-refractivity contribution is 14.0. The number of nitrogens with zero attached hydrogens (tertiary/aromatic N) is 1. The van der Waals surface area contributed by atoms with Crippen molar-refractivity contribution in [3.63, 3.8) is 0 Å². The van der Waals surface area contributed by atoms with E-state index in [0.717, 1.165) is 16.7 Å². The summed E-state index contributed by atoms with van der Waals surface area (Å²) in [6.45, 7) is 7.18. The normalized spacial score (nSPS) is 12.8. The molecule has 1 unspecified atom stereocenters. The lowest BCUT2D eigenvalue weighted by molar-refractivity contribution is 0.181. The van der Waals surface area contributed by atoms with Crippen LogP contribution in [0.5, 0.6) is 0 Å². The minimum absolute atomic E-state index is 0. The lowest BCUT2D eigenvalue weighted by Gasteiger charge is -2.16. The molecule has 0 aliphatic carbocycles. The van der Waals surface area contributed by atoms with Crippen LogP contribution in [0, 0.1) is 13.8 Å². The van der Waals surface area contributed by atoms with Crippen molar-refractivity contribution in [2.75, 3.05) is 19.3 Å². The molecule has 6 nitrogen and oxygen atoms in total. The molecule has 0 amide bonds. The van der Waals surface area contributed by atoms with Crippen molar-refractivity contribution in [2.45, 2.75) is 38.3 Å². The summed E-state index contributed by atoms with van der Waals surface area (Å²) in [5.74, 6) is 0.596. The lowest BCUT2D eigenvalue weighted by atomic mass is 10.1. The zero-order valence-corrected chi connectivity index (χ0v) is 20.4. The summed E-state index contributed by atoms with van der Waals surface area (Å²) in [7, 11) is -3.23. The van der Waals surface area contributed by atoms with Crippen molar-refractivity contribution in [1.82, 2.24) is 10.6 Å². The van der Waals surface area contributed by atoms with E-state index < -0.39 is 15.9 Å². The van der Waals surface area contributed by atoms with Crippen molar-refractivity contribution in [3.8, 4) is 0 Å². The van der Waals surface area contributed by atoms with Crippen LogP contribution in [-0.4, -0.2) is 38.8 Å². The Kier molecular flexibility index (Phi) is 10.1. The number of halogens is 1. The molecule has 160 valence electrons. The van der Waals surface area contributed by atoms with Gasteiger partial charge in [-0.1, -0.05) is 42.0 Å². The van der Waals surface area contributed by atoms with Gasteiger partial charge in [0.2, 0.25) is 0 Å². The Labute approximate surface area is 190 Å². The van der Waals surface area contributed by atoms with E-state index in [1.165, 1.54) is 6.26 Å². The summed E-state index contributed by atoms with van der Waals surface area (Å²) in [6, 6.07) is 13.0. The first kappa shape index (κ1) is 25.4. The molecular weight excluding hydrogens is 501 g/mol. The van der Waals surface area contributed by atoms with Crippen molar-refractivity contribution < 1.29 is 13.5 Å². The molecule has 0 aromatic heterocycles. The van der Waals surface area contributed by atoms with E-state index in [2.05, 4.69) is 15.6 Å². The first-order valence-corrected chi connectivity index (χ1v) is 11.2. The van der Waals surface area contributed by atoms with Crippen LogP contribution in [0.3, 0.4) is 0 Å². The number of aryl methyl sites for hydroxylation is 2. The van der Waals surface area contributed by atoms with E-state index in [1.807, 2.05) is 44.2 Å². The van der Waals surface area contributed by atoms with Gasteiger partial charge < -0.3 is 15.7 Å². The van der Waals surface area contributed by atoms with Crippen LogP contribution < -0.4 is 10.6 Å². The second kappa shape index (κ2) is 11.5. The Hall–Kier alpha value is -1.65. The average Bonchev–Trinajstić information content (AvgIpc) is 2.62. The predicted molar refractivity (Wildman–Crippen MR) is 129 cm³/mol. The summed E-state index contributed by atoms with van der Waals surface area (Å²) in [6.07, 6.45) is 0.569. The van der Waals surface area contributed by atoms with E-state index >= 15 is 0 Å². The second-order valence-electron chi connectivity index (χ2n) is 6.88. The molecule has 0 radical (unpaired) electrons. The van der Waals surface area contributed by atoms with Gasteiger partial charge in [-0.25, -0.2) is 13.4 Å². The fraction of sp³-hybridized carbons (Fsp3) is 0.381. The Morgan fingerprint density at radius 3 is 2.45 bits per heavy atom. The molecule has 2 aromatic carbocycles. The standard InChI is InChI=1S/C21H29N3O3S.HI/c1-5-22-21(24-14-19(25)18-8-6-7-15(2)11-18)23-13-17-9-10-20(16(3)12-17)28(4,26)27;/h6-12,19,25H,5,13-14H2,1-4H3,(H2,22,23,24);1H. The Morgan fingerprint density at radius 1 is 1.14 bits per heavy atom. The van der Waals surface area contributed by atoms with Gasteiger partial charge in [0.05, 0.1) is 17.5 Å². The second-order valence-corrected chi connectivity index (χ2v) is 8.86. The average molecular weight is 531 g/mol. The molecule has 0 aliphatic rings. The number of nitrogens with one attached hydrogen (secondary N) is 2. The van der Waals surface area contributed by atoms with Crippen LogP contribution in [0.15, 0.2) is 52.4 Å². The van der Waals surface area contributed by atoms with E-state index in [1.54, 1.807) is 19.1 Å². The summed E-state index contributed by atoms with van der Waals surface area (Å²) < 4.78 is 23.5. The molecule has 3 N–H and O–H groups in total. The number of aliphatic imine (C=N–C) groups is 1. The molecule has 0 heterocycles. The van der Waals surface area contributed by atoms with Crippen molar-refractivity contribution in [3.05, 3.63) is 64.7 Å². The first-order valence-electron chi connectivity index (χ1n) is 9.27. The molecule has 2 aromatic rings. The third-order valence-electron chi connectivity index (χ3n) is 4.29. The summed E-state index contributed by atoms with van der Waals surface area (Å²) >= 11 is 0. The number of aliphatic hydroxyl groups is 1. The Morgan fingerprint density at radius 2 is 1.86 bits per heavy atom. The summed E-state index contributed by atoms with van der Waals surface area (Å²) in [5, 5.41) is 16.7. The van der Waals surface area contributed by atoms with Crippen LogP contribution in [-0.2, 0) is 16.4 Å². The molecule has 0 aliphatic heterocycles. The SMILES string of the molecule is CCNC(=NCc1ccc(S(C)(=O)=O)c(C)c1)NCC(O)c1cccc(C)c1.I. The molecule has 0 bridgehead atoms. The Bertz CT molecular complexity index is 946. The fourth-order valence-corrected chi connectivity index (χ4v) is 3.89. The third-order valence-corrected chi connectivity index (χ3v) is 5.55. The van der Waals surface area contributed by atoms with Crippen LogP contribution >= 0.6 is 24.0 Å². The van der Waals surface area contributed by atoms with Gasteiger partial charge in [0.15, 0.2) is 15.8 Å². The lowest BCUT2D eigenvalue weighted by Crippen LogP contribution is -2.39. The molecular formula is C21H30IN3O3S. The fourth-order valence-electron chi connectivity index (χ4n) is 2.93. The van der Waals surface area contributed by atoms with Crippen molar-refractivity contribution in [2.24, 2.45) is 4.99 Å². The number of hydrogen-bond donors (Lipinski definition) is 3. The van der Waals surface area contributed by atoms with Gasteiger partial charge in [0, 0.05) is 19.3 Å². The zero-order chi connectivity index (χ0) is 20.7. The molecule has 29 heavy (non-hydrogen) atoms. The molecule has 0 saturated carbocycles. The maximum atomic E-state index is 11.7. The first-order chi connectivity index (χ1) is 13.2. The van der Waals surface area contributed by atoms with Gasteiger partial charge in [-0.2, -0.15) is 0 Å². The van der Waals surface area contributed by atoms with Crippen LogP contribution in [0.1, 0.15) is 35.3 Å². The highest BCUT2D eigenvalue weighted by Crippen LogP contribution is 2.17. The van der Waals surface area contributed by atoms with E-state index in [9.17, 15) is 13.5 Å². The quantitative estimate of drug-likeness (QED) is 0.290. The third kappa shape index (κ3) is 7.94. The van der Waals surface area contributed by atoms with E-state index in [4.69, 9.17) is 0 Å². The summed E-state index contributed by atoms with van der Waals surface area (Å²) in [4.78, 5) is 4.87. The zero-order valence-electron chi connectivity index (χ0n) is 17.3. The van der Waals surface area contributed by atoms with E-state index in [-0.39, 0.29) is 24.0 Å². The molecule has 0 fully saturated rings. The van der Waals surface area contributed by atoms with Gasteiger partial charge in [-0.05, 0) is 43.5 Å². The number of sulfone groups is 1.